The number of aromatic nitrogens is 1. The highest BCUT2D eigenvalue weighted by Gasteiger charge is 2.19. The molecule has 2 aromatic heterocycles. The van der Waals surface area contributed by atoms with Gasteiger partial charge in [-0.25, -0.2) is 9.59 Å². The number of aromatic carboxylic acids is 1. The van der Waals surface area contributed by atoms with Gasteiger partial charge < -0.3 is 15.7 Å². The minimum absolute atomic E-state index is 0.0206. The minimum atomic E-state index is -1.13. The Morgan fingerprint density at radius 2 is 1.80 bits per heavy atom. The Kier molecular flexibility index (Phi) is 5.39. The molecule has 0 atom stereocenters. The molecule has 0 aliphatic rings. The van der Waals surface area contributed by atoms with E-state index in [1.807, 2.05) is 31.2 Å². The maximum Gasteiger partial charge on any atom is 0.348 e. The molecule has 0 spiro atoms. The van der Waals surface area contributed by atoms with E-state index >= 15 is 0 Å². The van der Waals surface area contributed by atoms with Gasteiger partial charge in [-0.05, 0) is 24.6 Å². The highest BCUT2D eigenvalue weighted by molar-refractivity contribution is 7.18. The van der Waals surface area contributed by atoms with Crippen molar-refractivity contribution >= 4 is 57.1 Å². The number of thiophene rings is 1. The lowest BCUT2D eigenvalue weighted by molar-refractivity contribution is 0.0703. The van der Waals surface area contributed by atoms with Crippen molar-refractivity contribution in [3.63, 3.8) is 0 Å². The highest BCUT2D eigenvalue weighted by Crippen LogP contribution is 2.38. The Morgan fingerprint density at radius 3 is 2.57 bits per heavy atom. The molecule has 0 bridgehead atoms. The molecule has 0 aliphatic heterocycles. The molecule has 2 amide bonds. The number of hydrogen-bond donors (Lipinski definition) is 3. The lowest BCUT2D eigenvalue weighted by Crippen LogP contribution is -2.20. The van der Waals surface area contributed by atoms with Crippen LogP contribution >= 0.6 is 22.9 Å². The monoisotopic (exact) mass is 437 g/mol. The summed E-state index contributed by atoms with van der Waals surface area (Å²) in [4.78, 5) is 29.2. The average Bonchev–Trinajstić information content (AvgIpc) is 3.12. The summed E-state index contributed by atoms with van der Waals surface area (Å²) in [5, 5.41) is 17.3. The molecular formula is C22H16ClN3O3S. The van der Waals surface area contributed by atoms with E-state index in [-0.39, 0.29) is 10.6 Å². The van der Waals surface area contributed by atoms with Crippen LogP contribution in [-0.2, 0) is 0 Å². The van der Waals surface area contributed by atoms with E-state index in [2.05, 4.69) is 15.6 Å². The van der Waals surface area contributed by atoms with Crippen LogP contribution in [0.25, 0.3) is 21.2 Å². The number of carboxylic acid groups (broad SMARTS) is 1. The van der Waals surface area contributed by atoms with Crippen LogP contribution in [0, 0.1) is 6.92 Å². The number of rotatable bonds is 4. The number of carbonyl (C=O) groups is 2. The zero-order valence-electron chi connectivity index (χ0n) is 15.8. The molecular weight excluding hydrogens is 422 g/mol. The quantitative estimate of drug-likeness (QED) is 0.351. The average molecular weight is 438 g/mol. The molecule has 150 valence electrons. The van der Waals surface area contributed by atoms with Crippen LogP contribution in [0.3, 0.4) is 0 Å². The van der Waals surface area contributed by atoms with Gasteiger partial charge in [0.05, 0.1) is 17.6 Å². The van der Waals surface area contributed by atoms with Crippen LogP contribution < -0.4 is 10.6 Å². The number of nitrogens with zero attached hydrogens (tertiary/aromatic N) is 1. The summed E-state index contributed by atoms with van der Waals surface area (Å²) in [5.74, 6) is -1.13. The molecule has 4 rings (SSSR count). The molecule has 0 saturated carbocycles. The van der Waals surface area contributed by atoms with Gasteiger partial charge in [0.1, 0.15) is 4.88 Å². The molecule has 8 heteroatoms. The largest absolute Gasteiger partial charge is 0.477 e. The van der Waals surface area contributed by atoms with E-state index in [1.165, 1.54) is 0 Å². The van der Waals surface area contributed by atoms with Gasteiger partial charge in [-0.3, -0.25) is 4.98 Å². The summed E-state index contributed by atoms with van der Waals surface area (Å²) >= 11 is 7.29. The highest BCUT2D eigenvalue weighted by atomic mass is 35.5. The molecule has 6 nitrogen and oxygen atoms in total. The Hall–Kier alpha value is -3.42. The summed E-state index contributed by atoms with van der Waals surface area (Å²) < 4.78 is 0. The van der Waals surface area contributed by atoms with E-state index in [9.17, 15) is 14.7 Å². The Labute approximate surface area is 181 Å². The smallest absolute Gasteiger partial charge is 0.348 e. The van der Waals surface area contributed by atoms with Gasteiger partial charge >= 0.3 is 12.0 Å². The molecule has 0 unspecified atom stereocenters. The van der Waals surface area contributed by atoms with Gasteiger partial charge in [0, 0.05) is 32.4 Å². The Morgan fingerprint density at radius 1 is 1.03 bits per heavy atom. The molecule has 0 radical (unpaired) electrons. The summed E-state index contributed by atoms with van der Waals surface area (Å²) in [6, 6.07) is 14.0. The van der Waals surface area contributed by atoms with Crippen molar-refractivity contribution in [1.82, 2.24) is 4.98 Å². The van der Waals surface area contributed by atoms with Crippen molar-refractivity contribution in [3.8, 4) is 10.4 Å². The van der Waals surface area contributed by atoms with E-state index < -0.39 is 12.0 Å². The number of carboxylic acids is 1. The first-order valence-corrected chi connectivity index (χ1v) is 10.2. The van der Waals surface area contributed by atoms with Crippen LogP contribution in [0.5, 0.6) is 0 Å². The third kappa shape index (κ3) is 3.85. The van der Waals surface area contributed by atoms with Crippen LogP contribution in [0.1, 0.15) is 15.2 Å². The number of halogens is 1. The van der Waals surface area contributed by atoms with Gasteiger partial charge in [0.15, 0.2) is 0 Å². The van der Waals surface area contributed by atoms with Crippen molar-refractivity contribution in [2.75, 3.05) is 10.6 Å². The number of hydrogen-bond acceptors (Lipinski definition) is 4. The van der Waals surface area contributed by atoms with Gasteiger partial charge in [-0.1, -0.05) is 48.0 Å². The fourth-order valence-corrected chi connectivity index (χ4v) is 4.52. The Balaban J connectivity index is 1.64. The molecule has 2 heterocycles. The number of nitrogens with one attached hydrogen (secondary N) is 2. The molecule has 3 N–H and O–H groups in total. The zero-order chi connectivity index (χ0) is 21.3. The zero-order valence-corrected chi connectivity index (χ0v) is 17.3. The summed E-state index contributed by atoms with van der Waals surface area (Å²) in [7, 11) is 0. The fraction of sp³-hybridized carbons (Fsp3) is 0.0455. The number of amides is 2. The first-order chi connectivity index (χ1) is 14.4. The maximum absolute atomic E-state index is 12.7. The van der Waals surface area contributed by atoms with Crippen molar-refractivity contribution in [2.45, 2.75) is 6.92 Å². The first-order valence-electron chi connectivity index (χ1n) is 8.97. The third-order valence-corrected chi connectivity index (χ3v) is 6.04. The number of anilines is 2. The molecule has 2 aromatic carbocycles. The molecule has 30 heavy (non-hydrogen) atoms. The van der Waals surface area contributed by atoms with Crippen LogP contribution in [0.2, 0.25) is 5.02 Å². The summed E-state index contributed by atoms with van der Waals surface area (Å²) in [6.45, 7) is 1.95. The normalized spacial score (nSPS) is 10.7. The number of benzene rings is 2. The predicted molar refractivity (Wildman–Crippen MR) is 121 cm³/mol. The number of carbonyl (C=O) groups excluding carboxylic acids is 1. The lowest BCUT2D eigenvalue weighted by Gasteiger charge is -2.11. The standard InChI is InChI=1S/C22H16ClN3O3S/c1-12-5-4-6-13-10-24-11-17(19(12)13)26-22(29)25-16-9-18(30-20(16)21(27)28)14-7-2-3-8-15(14)23/h2-11H,1H3,(H,27,28)(H2,25,26,29). The molecule has 4 aromatic rings. The number of pyridine rings is 1. The maximum atomic E-state index is 12.7. The van der Waals surface area contributed by atoms with Crippen LogP contribution in [0.15, 0.2) is 60.9 Å². The van der Waals surface area contributed by atoms with Gasteiger partial charge in [-0.15, -0.1) is 11.3 Å². The second kappa shape index (κ2) is 8.14. The number of fused-ring (bicyclic) bond motifs is 1. The van der Waals surface area contributed by atoms with E-state index in [0.717, 1.165) is 27.7 Å². The SMILES string of the molecule is Cc1cccc2cncc(NC(=O)Nc3cc(-c4ccccc4Cl)sc3C(=O)O)c12. The van der Waals surface area contributed by atoms with Crippen molar-refractivity contribution in [1.29, 1.82) is 0 Å². The van der Waals surface area contributed by atoms with E-state index in [0.29, 0.717) is 21.2 Å². The number of aryl methyl sites for hydroxylation is 1. The third-order valence-electron chi connectivity index (χ3n) is 4.55. The second-order valence-corrected chi connectivity index (χ2v) is 8.04. The van der Waals surface area contributed by atoms with E-state index in [4.69, 9.17) is 11.6 Å². The molecule has 0 saturated heterocycles. The van der Waals surface area contributed by atoms with Gasteiger partial charge in [0.2, 0.25) is 0 Å². The lowest BCUT2D eigenvalue weighted by atomic mass is 10.1. The summed E-state index contributed by atoms with van der Waals surface area (Å²) in [5.41, 5.74) is 2.44. The number of urea groups is 1. The van der Waals surface area contributed by atoms with Crippen molar-refractivity contribution < 1.29 is 14.7 Å². The van der Waals surface area contributed by atoms with Crippen LogP contribution in [0.4, 0.5) is 16.2 Å². The fourth-order valence-electron chi connectivity index (χ4n) is 3.23. The van der Waals surface area contributed by atoms with Crippen molar-refractivity contribution in [3.05, 3.63) is 76.4 Å². The Bertz CT molecular complexity index is 1280. The molecule has 0 fully saturated rings. The molecule has 0 aliphatic carbocycles. The second-order valence-electron chi connectivity index (χ2n) is 6.58. The van der Waals surface area contributed by atoms with Crippen molar-refractivity contribution in [2.24, 2.45) is 0 Å². The van der Waals surface area contributed by atoms with Crippen LogP contribution in [-0.4, -0.2) is 22.1 Å². The van der Waals surface area contributed by atoms with Gasteiger partial charge in [0.25, 0.3) is 0 Å². The van der Waals surface area contributed by atoms with Gasteiger partial charge in [-0.2, -0.15) is 0 Å². The predicted octanol–water partition coefficient (Wildman–Crippen LogP) is 6.27. The summed E-state index contributed by atoms with van der Waals surface area (Å²) in [6.07, 6.45) is 3.29. The topological polar surface area (TPSA) is 91.3 Å². The first kappa shape index (κ1) is 19.9. The minimum Gasteiger partial charge on any atom is -0.477 e. The van der Waals surface area contributed by atoms with E-state index in [1.54, 1.807) is 36.7 Å².